The number of anilines is 1. The van der Waals surface area contributed by atoms with E-state index in [1.165, 1.54) is 0 Å². The molecule has 0 bridgehead atoms. The molecular weight excluding hydrogens is 368 g/mol. The van der Waals surface area contributed by atoms with Gasteiger partial charge >= 0.3 is 0 Å². The maximum atomic E-state index is 6.12. The summed E-state index contributed by atoms with van der Waals surface area (Å²) in [6.07, 6.45) is 15.6. The summed E-state index contributed by atoms with van der Waals surface area (Å²) in [4.78, 5) is 0. The number of rotatable bonds is 9. The van der Waals surface area contributed by atoms with Gasteiger partial charge in [0.15, 0.2) is 11.0 Å². The number of hydrazone groups is 1. The molecule has 28 heavy (non-hydrogen) atoms. The highest BCUT2D eigenvalue weighted by molar-refractivity contribution is 6.31. The van der Waals surface area contributed by atoms with E-state index >= 15 is 0 Å². The minimum absolute atomic E-state index is 0.279. The van der Waals surface area contributed by atoms with Crippen LogP contribution in [0.25, 0.3) is 5.57 Å². The molecule has 0 aliphatic rings. The zero-order valence-electron chi connectivity index (χ0n) is 17.3. The molecule has 4 nitrogen and oxygen atoms in total. The highest BCUT2D eigenvalue weighted by Gasteiger charge is 2.07. The first kappa shape index (κ1) is 27.2. The Morgan fingerprint density at radius 1 is 0.964 bits per heavy atom. The van der Waals surface area contributed by atoms with Gasteiger partial charge in [-0.05, 0) is 17.2 Å². The number of nitrogens with zero attached hydrogens (tertiary/aromatic N) is 3. The summed E-state index contributed by atoms with van der Waals surface area (Å²) < 4.78 is 0. The lowest BCUT2D eigenvalue weighted by atomic mass is 10.1. The molecule has 0 atom stereocenters. The summed E-state index contributed by atoms with van der Waals surface area (Å²) in [7, 11) is 0. The molecule has 0 aliphatic heterocycles. The Kier molecular flexibility index (Phi) is 18.3. The van der Waals surface area contributed by atoms with Crippen LogP contribution in [-0.4, -0.2) is 16.4 Å². The molecule has 0 aliphatic carbocycles. The third kappa shape index (κ3) is 10.9. The van der Waals surface area contributed by atoms with Crippen molar-refractivity contribution in [2.24, 2.45) is 5.10 Å². The molecule has 1 rings (SSSR count). The number of hydrogen-bond donors (Lipinski definition) is 1. The summed E-state index contributed by atoms with van der Waals surface area (Å²) in [5.41, 5.74) is 5.10. The molecular formula is C23H31ClN4. The van der Waals surface area contributed by atoms with Crippen LogP contribution in [0.5, 0.6) is 0 Å². The van der Waals surface area contributed by atoms with E-state index in [4.69, 9.17) is 11.6 Å². The molecule has 0 saturated carbocycles. The number of halogens is 1. The summed E-state index contributed by atoms with van der Waals surface area (Å²) in [6, 6.07) is 1.74. The summed E-state index contributed by atoms with van der Waals surface area (Å²) in [5.74, 6) is 0.452. The van der Waals surface area contributed by atoms with Crippen LogP contribution in [0.3, 0.4) is 0 Å². The van der Waals surface area contributed by atoms with Crippen LogP contribution in [0.15, 0.2) is 91.7 Å². The molecule has 1 heterocycles. The van der Waals surface area contributed by atoms with Crippen molar-refractivity contribution in [2.45, 2.75) is 27.7 Å². The zero-order chi connectivity index (χ0) is 21.8. The first-order valence-electron chi connectivity index (χ1n) is 9.06. The van der Waals surface area contributed by atoms with Crippen molar-refractivity contribution in [1.82, 2.24) is 10.2 Å². The van der Waals surface area contributed by atoms with Crippen LogP contribution in [0.4, 0.5) is 5.82 Å². The Morgan fingerprint density at radius 2 is 1.64 bits per heavy atom. The Morgan fingerprint density at radius 3 is 2.18 bits per heavy atom. The van der Waals surface area contributed by atoms with Crippen LogP contribution < -0.4 is 5.43 Å². The van der Waals surface area contributed by atoms with E-state index in [-0.39, 0.29) is 5.15 Å². The lowest BCUT2D eigenvalue weighted by Gasteiger charge is -2.06. The van der Waals surface area contributed by atoms with Gasteiger partial charge in [-0.15, -0.1) is 10.2 Å². The van der Waals surface area contributed by atoms with Crippen molar-refractivity contribution in [2.75, 3.05) is 5.43 Å². The van der Waals surface area contributed by atoms with Crippen LogP contribution in [0.1, 0.15) is 33.3 Å². The molecule has 1 aromatic rings. The predicted molar refractivity (Wildman–Crippen MR) is 128 cm³/mol. The molecule has 0 aromatic carbocycles. The van der Waals surface area contributed by atoms with Gasteiger partial charge in [0.1, 0.15) is 0 Å². The van der Waals surface area contributed by atoms with Gasteiger partial charge in [0.2, 0.25) is 0 Å². The number of hydrogen-bond acceptors (Lipinski definition) is 4. The first-order valence-corrected chi connectivity index (χ1v) is 9.43. The minimum Gasteiger partial charge on any atom is -0.260 e. The van der Waals surface area contributed by atoms with Crippen molar-refractivity contribution in [3.63, 3.8) is 0 Å². The van der Waals surface area contributed by atoms with Crippen molar-refractivity contribution in [3.8, 4) is 0 Å². The number of nitrogens with one attached hydrogen (secondary N) is 1. The van der Waals surface area contributed by atoms with E-state index < -0.39 is 0 Å². The van der Waals surface area contributed by atoms with E-state index in [0.29, 0.717) is 11.4 Å². The quantitative estimate of drug-likeness (QED) is 0.272. The van der Waals surface area contributed by atoms with E-state index in [0.717, 1.165) is 11.1 Å². The normalized spacial score (nSPS) is 11.0. The first-order chi connectivity index (χ1) is 13.7. The smallest absolute Gasteiger partial charge is 0.169 e. The van der Waals surface area contributed by atoms with Gasteiger partial charge in [-0.1, -0.05) is 114 Å². The standard InChI is InChI=1S/C19H19ClN4.2C2H6/c1-5-9-10-12-16(8-4)17-13-18(23-24-19(17)20)22-21-14-15(7-3)11-6-2;2*1-2/h5-14H,1-4H2,(H,22,23);2*1-2H3/b10-9-,15-11+,16-12+,21-14+;;. The lowest BCUT2D eigenvalue weighted by molar-refractivity contribution is 1.02. The number of aromatic nitrogens is 2. The molecule has 0 spiro atoms. The fourth-order valence-electron chi connectivity index (χ4n) is 1.61. The SMILES string of the molecule is C=C/C=C\C=C(/C=C)c1cc(N/N=C/C(C=C)=C/C=C)nnc1Cl.CC.CC. The van der Waals surface area contributed by atoms with Gasteiger partial charge in [0, 0.05) is 5.56 Å². The molecule has 5 heteroatoms. The molecule has 1 N–H and O–H groups in total. The zero-order valence-corrected chi connectivity index (χ0v) is 18.1. The van der Waals surface area contributed by atoms with E-state index in [9.17, 15) is 0 Å². The van der Waals surface area contributed by atoms with Crippen LogP contribution >= 0.6 is 11.6 Å². The molecule has 0 radical (unpaired) electrons. The molecule has 0 amide bonds. The molecule has 1 aromatic heterocycles. The maximum absolute atomic E-state index is 6.12. The Hall–Kier alpha value is -2.98. The monoisotopic (exact) mass is 398 g/mol. The van der Waals surface area contributed by atoms with Gasteiger partial charge < -0.3 is 0 Å². The van der Waals surface area contributed by atoms with Crippen molar-refractivity contribution < 1.29 is 0 Å². The molecule has 0 saturated heterocycles. The largest absolute Gasteiger partial charge is 0.260 e. The lowest BCUT2D eigenvalue weighted by Crippen LogP contribution is -1.98. The van der Waals surface area contributed by atoms with Gasteiger partial charge in [0.05, 0.1) is 6.21 Å². The highest BCUT2D eigenvalue weighted by Crippen LogP contribution is 2.24. The van der Waals surface area contributed by atoms with Gasteiger partial charge in [0.25, 0.3) is 0 Å². The second-order valence-electron chi connectivity index (χ2n) is 4.36. The van der Waals surface area contributed by atoms with E-state index in [1.54, 1.807) is 48.7 Å². The predicted octanol–water partition coefficient (Wildman–Crippen LogP) is 7.19. The van der Waals surface area contributed by atoms with Gasteiger partial charge in [-0.25, -0.2) is 0 Å². The summed E-state index contributed by atoms with van der Waals surface area (Å²) in [6.45, 7) is 22.7. The fourth-order valence-corrected chi connectivity index (χ4v) is 1.81. The molecule has 0 unspecified atom stereocenters. The van der Waals surface area contributed by atoms with E-state index in [1.807, 2.05) is 39.8 Å². The van der Waals surface area contributed by atoms with Crippen LogP contribution in [0.2, 0.25) is 5.15 Å². The average molecular weight is 399 g/mol. The topological polar surface area (TPSA) is 50.2 Å². The number of allylic oxidation sites excluding steroid dienone is 10. The highest BCUT2D eigenvalue weighted by atomic mass is 35.5. The second kappa shape index (κ2) is 18.8. The fraction of sp³-hybridized carbons (Fsp3) is 0.174. The van der Waals surface area contributed by atoms with Crippen LogP contribution in [-0.2, 0) is 0 Å². The third-order valence-corrected chi connectivity index (χ3v) is 3.02. The minimum atomic E-state index is 0.279. The molecule has 0 fully saturated rings. The average Bonchev–Trinajstić information content (AvgIpc) is 2.75. The molecule has 150 valence electrons. The Bertz CT molecular complexity index is 741. The summed E-state index contributed by atoms with van der Waals surface area (Å²) in [5, 5.41) is 12.2. The van der Waals surface area contributed by atoms with Gasteiger partial charge in [-0.2, -0.15) is 5.10 Å². The summed E-state index contributed by atoms with van der Waals surface area (Å²) >= 11 is 6.12. The van der Waals surface area contributed by atoms with Crippen molar-refractivity contribution >= 4 is 29.2 Å². The Labute approximate surface area is 175 Å². The second-order valence-corrected chi connectivity index (χ2v) is 4.72. The van der Waals surface area contributed by atoms with Crippen LogP contribution in [0, 0.1) is 0 Å². The van der Waals surface area contributed by atoms with Gasteiger partial charge in [-0.3, -0.25) is 5.43 Å². The van der Waals surface area contributed by atoms with Crippen molar-refractivity contribution in [1.29, 1.82) is 0 Å². The third-order valence-electron chi connectivity index (χ3n) is 2.74. The van der Waals surface area contributed by atoms with E-state index in [2.05, 4.69) is 47.0 Å². The van der Waals surface area contributed by atoms with Crippen molar-refractivity contribution in [3.05, 3.63) is 97.3 Å². The Balaban J connectivity index is 0. The maximum Gasteiger partial charge on any atom is 0.169 e.